The van der Waals surface area contributed by atoms with E-state index < -0.39 is 0 Å². The molecule has 3 aromatic rings. The van der Waals surface area contributed by atoms with Crippen LogP contribution in [0.15, 0.2) is 46.4 Å². The molecule has 19 heavy (non-hydrogen) atoms. The van der Waals surface area contributed by atoms with Gasteiger partial charge in [-0.05, 0) is 23.6 Å². The van der Waals surface area contributed by atoms with Gasteiger partial charge >= 0.3 is 0 Å². The monoisotopic (exact) mass is 310 g/mol. The molecule has 3 heterocycles. The summed E-state index contributed by atoms with van der Waals surface area (Å²) in [6.07, 6.45) is 1.65. The number of nitrogens with zero attached hydrogens (tertiary/aromatic N) is 1. The summed E-state index contributed by atoms with van der Waals surface area (Å²) in [7, 11) is 0. The molecule has 0 fully saturated rings. The van der Waals surface area contributed by atoms with E-state index in [0.717, 1.165) is 10.1 Å². The van der Waals surface area contributed by atoms with E-state index >= 15 is 0 Å². The van der Waals surface area contributed by atoms with Crippen molar-refractivity contribution in [2.24, 2.45) is 0 Å². The highest BCUT2D eigenvalue weighted by Crippen LogP contribution is 2.33. The number of halogens is 1. The second-order valence-corrected chi connectivity index (χ2v) is 6.68. The summed E-state index contributed by atoms with van der Waals surface area (Å²) in [4.78, 5) is 2.46. The van der Waals surface area contributed by atoms with Crippen molar-refractivity contribution in [2.45, 2.75) is 12.6 Å². The van der Waals surface area contributed by atoms with Gasteiger partial charge in [-0.3, -0.25) is 5.32 Å². The summed E-state index contributed by atoms with van der Waals surface area (Å²) in [6.45, 7) is 0.637. The van der Waals surface area contributed by atoms with Gasteiger partial charge in [0.1, 0.15) is 5.76 Å². The molecular formula is C13H11ClN2OS2. The van der Waals surface area contributed by atoms with E-state index in [0.29, 0.717) is 6.54 Å². The first-order chi connectivity index (χ1) is 9.33. The second-order valence-electron chi connectivity index (χ2n) is 3.95. The molecule has 6 heteroatoms. The van der Waals surface area contributed by atoms with Crippen molar-refractivity contribution < 1.29 is 4.52 Å². The largest absolute Gasteiger partial charge is 0.360 e. The lowest BCUT2D eigenvalue weighted by atomic mass is 10.2. The Morgan fingerprint density at radius 2 is 2.21 bits per heavy atom. The molecular weight excluding hydrogens is 300 g/mol. The molecule has 0 saturated heterocycles. The van der Waals surface area contributed by atoms with Crippen LogP contribution in [0.4, 0.5) is 0 Å². The van der Waals surface area contributed by atoms with Crippen molar-refractivity contribution in [1.29, 1.82) is 0 Å². The molecule has 3 aromatic heterocycles. The SMILES string of the molecule is Clc1ccc(C(NCc2ccno2)c2cccs2)s1. The van der Waals surface area contributed by atoms with Gasteiger partial charge in [-0.15, -0.1) is 22.7 Å². The van der Waals surface area contributed by atoms with Gasteiger partial charge in [0, 0.05) is 15.8 Å². The first-order valence-corrected chi connectivity index (χ1v) is 7.82. The Kier molecular flexibility index (Phi) is 3.98. The minimum atomic E-state index is 0.141. The Hall–Kier alpha value is -1.14. The predicted molar refractivity (Wildman–Crippen MR) is 78.8 cm³/mol. The van der Waals surface area contributed by atoms with Crippen LogP contribution in [0.2, 0.25) is 4.34 Å². The molecule has 0 amide bonds. The molecule has 1 unspecified atom stereocenters. The van der Waals surface area contributed by atoms with E-state index in [9.17, 15) is 0 Å². The molecule has 0 radical (unpaired) electrons. The van der Waals surface area contributed by atoms with E-state index in [-0.39, 0.29) is 6.04 Å². The maximum absolute atomic E-state index is 6.03. The molecule has 3 nitrogen and oxygen atoms in total. The van der Waals surface area contributed by atoms with Crippen LogP contribution in [-0.2, 0) is 6.54 Å². The minimum Gasteiger partial charge on any atom is -0.360 e. The lowest BCUT2D eigenvalue weighted by Gasteiger charge is -2.14. The smallest absolute Gasteiger partial charge is 0.150 e. The Morgan fingerprint density at radius 3 is 2.84 bits per heavy atom. The highest BCUT2D eigenvalue weighted by Gasteiger charge is 2.17. The third-order valence-electron chi connectivity index (χ3n) is 2.68. The summed E-state index contributed by atoms with van der Waals surface area (Å²) < 4.78 is 5.91. The zero-order chi connectivity index (χ0) is 13.1. The normalized spacial score (nSPS) is 12.7. The van der Waals surface area contributed by atoms with Crippen LogP contribution >= 0.6 is 34.3 Å². The third kappa shape index (κ3) is 3.06. The van der Waals surface area contributed by atoms with E-state index in [4.69, 9.17) is 16.1 Å². The van der Waals surface area contributed by atoms with Crippen LogP contribution < -0.4 is 5.32 Å². The minimum absolute atomic E-state index is 0.141. The fourth-order valence-electron chi connectivity index (χ4n) is 1.82. The van der Waals surface area contributed by atoms with Gasteiger partial charge in [0.2, 0.25) is 0 Å². The van der Waals surface area contributed by atoms with Crippen molar-refractivity contribution in [3.8, 4) is 0 Å². The fourth-order valence-corrected chi connectivity index (χ4v) is 3.86. The molecule has 1 N–H and O–H groups in total. The van der Waals surface area contributed by atoms with Gasteiger partial charge in [0.15, 0.2) is 0 Å². The molecule has 1 atom stereocenters. The highest BCUT2D eigenvalue weighted by molar-refractivity contribution is 7.16. The van der Waals surface area contributed by atoms with Crippen LogP contribution in [-0.4, -0.2) is 5.16 Å². The molecule has 0 bridgehead atoms. The number of thiophene rings is 2. The van der Waals surface area contributed by atoms with Gasteiger partial charge in [-0.2, -0.15) is 0 Å². The first-order valence-electron chi connectivity index (χ1n) is 5.74. The summed E-state index contributed by atoms with van der Waals surface area (Å²) in [5.74, 6) is 0.823. The van der Waals surface area contributed by atoms with Crippen molar-refractivity contribution in [1.82, 2.24) is 10.5 Å². The Bertz CT molecular complexity index is 619. The van der Waals surface area contributed by atoms with Gasteiger partial charge < -0.3 is 4.52 Å². The molecule has 0 aliphatic carbocycles. The zero-order valence-electron chi connectivity index (χ0n) is 9.88. The summed E-state index contributed by atoms with van der Waals surface area (Å²) in [6, 6.07) is 10.2. The van der Waals surface area contributed by atoms with Crippen LogP contribution in [0.3, 0.4) is 0 Å². The number of nitrogens with one attached hydrogen (secondary N) is 1. The average Bonchev–Trinajstić information content (AvgIpc) is 3.11. The molecule has 0 saturated carbocycles. The Balaban J connectivity index is 1.80. The summed E-state index contributed by atoms with van der Waals surface area (Å²) >= 11 is 9.35. The number of hydrogen-bond acceptors (Lipinski definition) is 5. The fraction of sp³-hybridized carbons (Fsp3) is 0.154. The van der Waals surface area contributed by atoms with E-state index in [1.165, 1.54) is 9.75 Å². The van der Waals surface area contributed by atoms with Crippen molar-refractivity contribution >= 4 is 34.3 Å². The standard InChI is InChI=1S/C13H11ClN2OS2/c14-12-4-3-11(19-12)13(10-2-1-7-18-10)15-8-9-5-6-16-17-9/h1-7,13,15H,8H2. The van der Waals surface area contributed by atoms with Crippen LogP contribution in [0.1, 0.15) is 21.6 Å². The Labute approximate surface area is 123 Å². The lowest BCUT2D eigenvalue weighted by molar-refractivity contribution is 0.369. The summed E-state index contributed by atoms with van der Waals surface area (Å²) in [5, 5.41) is 9.27. The van der Waals surface area contributed by atoms with Gasteiger partial charge in [-0.1, -0.05) is 22.8 Å². The molecule has 3 rings (SSSR count). The lowest BCUT2D eigenvalue weighted by Crippen LogP contribution is -2.20. The second kappa shape index (κ2) is 5.88. The summed E-state index contributed by atoms with van der Waals surface area (Å²) in [5.41, 5.74) is 0. The van der Waals surface area contributed by atoms with Crippen LogP contribution in [0, 0.1) is 0 Å². The van der Waals surface area contributed by atoms with Crippen molar-refractivity contribution in [3.63, 3.8) is 0 Å². The number of hydrogen-bond donors (Lipinski definition) is 1. The maximum Gasteiger partial charge on any atom is 0.150 e. The number of rotatable bonds is 5. The van der Waals surface area contributed by atoms with Crippen molar-refractivity contribution in [2.75, 3.05) is 0 Å². The topological polar surface area (TPSA) is 38.1 Å². The third-order valence-corrected chi connectivity index (χ3v) is 4.91. The Morgan fingerprint density at radius 1 is 1.26 bits per heavy atom. The molecule has 0 aliphatic rings. The van der Waals surface area contributed by atoms with E-state index in [1.807, 2.05) is 12.1 Å². The van der Waals surface area contributed by atoms with E-state index in [1.54, 1.807) is 28.9 Å². The van der Waals surface area contributed by atoms with Gasteiger partial charge in [0.25, 0.3) is 0 Å². The maximum atomic E-state index is 6.03. The number of aromatic nitrogens is 1. The highest BCUT2D eigenvalue weighted by atomic mass is 35.5. The van der Waals surface area contributed by atoms with Crippen LogP contribution in [0.25, 0.3) is 0 Å². The van der Waals surface area contributed by atoms with Gasteiger partial charge in [0.05, 0.1) is 23.1 Å². The molecule has 98 valence electrons. The molecule has 0 spiro atoms. The average molecular weight is 311 g/mol. The molecule has 0 aromatic carbocycles. The van der Waals surface area contributed by atoms with Crippen molar-refractivity contribution in [3.05, 3.63) is 61.8 Å². The first kappa shape index (κ1) is 12.9. The van der Waals surface area contributed by atoms with E-state index in [2.05, 4.69) is 34.1 Å². The van der Waals surface area contributed by atoms with Crippen LogP contribution in [0.5, 0.6) is 0 Å². The molecule has 0 aliphatic heterocycles. The predicted octanol–water partition coefficient (Wildman–Crippen LogP) is 4.33. The quantitative estimate of drug-likeness (QED) is 0.762. The van der Waals surface area contributed by atoms with Gasteiger partial charge in [-0.25, -0.2) is 0 Å². The zero-order valence-corrected chi connectivity index (χ0v) is 12.3.